The topological polar surface area (TPSA) is 55.8 Å². The van der Waals surface area contributed by atoms with Gasteiger partial charge in [0.25, 0.3) is 0 Å². The average molecular weight is 338 g/mol. The van der Waals surface area contributed by atoms with Crippen LogP contribution in [0.3, 0.4) is 0 Å². The zero-order chi connectivity index (χ0) is 17.3. The third kappa shape index (κ3) is 3.80. The van der Waals surface area contributed by atoms with E-state index >= 15 is 0 Å². The lowest BCUT2D eigenvalue weighted by Gasteiger charge is -2.42. The molecule has 0 spiro atoms. The molecular formula is C20H34O4. The van der Waals surface area contributed by atoms with Crippen LogP contribution in [0.2, 0.25) is 0 Å². The van der Waals surface area contributed by atoms with Crippen molar-refractivity contribution in [2.45, 2.75) is 96.6 Å². The Balaban J connectivity index is 1.72. The van der Waals surface area contributed by atoms with Gasteiger partial charge in [0, 0.05) is 0 Å². The van der Waals surface area contributed by atoms with Crippen molar-refractivity contribution in [1.29, 1.82) is 0 Å². The smallest absolute Gasteiger partial charge is 0.308 e. The number of esters is 1. The molecule has 3 aliphatic rings. The van der Waals surface area contributed by atoms with E-state index in [1.807, 2.05) is 0 Å². The van der Waals surface area contributed by atoms with E-state index in [9.17, 15) is 9.90 Å². The molecule has 1 N–H and O–H groups in total. The molecule has 0 aromatic carbocycles. The Morgan fingerprint density at radius 2 is 1.92 bits per heavy atom. The van der Waals surface area contributed by atoms with Gasteiger partial charge in [0.1, 0.15) is 0 Å². The van der Waals surface area contributed by atoms with Crippen molar-refractivity contribution in [3.05, 3.63) is 0 Å². The lowest BCUT2D eigenvalue weighted by molar-refractivity contribution is -0.217. The van der Waals surface area contributed by atoms with E-state index in [2.05, 4.69) is 20.8 Å². The van der Waals surface area contributed by atoms with Gasteiger partial charge in [-0.1, -0.05) is 46.5 Å². The van der Waals surface area contributed by atoms with Crippen molar-refractivity contribution in [3.8, 4) is 0 Å². The molecule has 138 valence electrons. The molecule has 4 heteroatoms. The van der Waals surface area contributed by atoms with Crippen molar-refractivity contribution >= 4 is 5.97 Å². The van der Waals surface area contributed by atoms with Gasteiger partial charge in [0.15, 0.2) is 0 Å². The fourth-order valence-corrected chi connectivity index (χ4v) is 5.08. The molecule has 0 radical (unpaired) electrons. The Morgan fingerprint density at radius 1 is 1.21 bits per heavy atom. The van der Waals surface area contributed by atoms with Crippen molar-refractivity contribution in [3.63, 3.8) is 0 Å². The van der Waals surface area contributed by atoms with Gasteiger partial charge >= 0.3 is 5.97 Å². The average Bonchev–Trinajstić information content (AvgIpc) is 2.89. The van der Waals surface area contributed by atoms with E-state index in [1.54, 1.807) is 0 Å². The van der Waals surface area contributed by atoms with E-state index in [0.717, 1.165) is 32.1 Å². The highest BCUT2D eigenvalue weighted by atomic mass is 16.7. The molecule has 1 heterocycles. The summed E-state index contributed by atoms with van der Waals surface area (Å²) in [7, 11) is 0. The summed E-state index contributed by atoms with van der Waals surface area (Å²) in [4.78, 5) is 12.0. The Morgan fingerprint density at radius 3 is 2.58 bits per heavy atom. The van der Waals surface area contributed by atoms with Crippen molar-refractivity contribution < 1.29 is 19.4 Å². The molecule has 3 rings (SSSR count). The van der Waals surface area contributed by atoms with Crippen LogP contribution in [0.15, 0.2) is 0 Å². The van der Waals surface area contributed by atoms with Crippen LogP contribution in [-0.4, -0.2) is 29.1 Å². The van der Waals surface area contributed by atoms with Crippen LogP contribution < -0.4 is 0 Å². The first-order valence-electron chi connectivity index (χ1n) is 9.96. The number of carbonyl (C=O) groups is 1. The Kier molecular flexibility index (Phi) is 5.55. The predicted molar refractivity (Wildman–Crippen MR) is 92.2 cm³/mol. The highest BCUT2D eigenvalue weighted by Crippen LogP contribution is 2.44. The van der Waals surface area contributed by atoms with Gasteiger partial charge in [-0.05, 0) is 43.4 Å². The summed E-state index contributed by atoms with van der Waals surface area (Å²) in [6, 6.07) is 0. The second-order valence-corrected chi connectivity index (χ2v) is 8.83. The van der Waals surface area contributed by atoms with Gasteiger partial charge in [0.2, 0.25) is 6.29 Å². The zero-order valence-corrected chi connectivity index (χ0v) is 15.5. The van der Waals surface area contributed by atoms with Gasteiger partial charge in [-0.15, -0.1) is 0 Å². The van der Waals surface area contributed by atoms with E-state index in [4.69, 9.17) is 9.47 Å². The highest BCUT2D eigenvalue weighted by molar-refractivity contribution is 5.72. The van der Waals surface area contributed by atoms with Crippen molar-refractivity contribution in [2.24, 2.45) is 23.7 Å². The minimum absolute atomic E-state index is 0.138. The first kappa shape index (κ1) is 18.2. The zero-order valence-electron chi connectivity index (χ0n) is 15.5. The molecule has 24 heavy (non-hydrogen) atoms. The Labute approximate surface area is 146 Å². The lowest BCUT2D eigenvalue weighted by atomic mass is 9.74. The van der Waals surface area contributed by atoms with Gasteiger partial charge in [-0.25, -0.2) is 0 Å². The molecule has 0 amide bonds. The van der Waals surface area contributed by atoms with Gasteiger partial charge in [-0.2, -0.15) is 0 Å². The number of hydrogen-bond acceptors (Lipinski definition) is 4. The van der Waals surface area contributed by atoms with Crippen LogP contribution in [0.4, 0.5) is 0 Å². The first-order valence-corrected chi connectivity index (χ1v) is 9.96. The SMILES string of the molecule is CC(C)[C@@H]1CC[C@@H](C)C[C@H]1O[C@@H]1OC(=O)C[C@H]1C1(O)CCCCC1. The van der Waals surface area contributed by atoms with Crippen LogP contribution in [0.1, 0.15) is 78.6 Å². The largest absolute Gasteiger partial charge is 0.435 e. The van der Waals surface area contributed by atoms with Crippen LogP contribution >= 0.6 is 0 Å². The van der Waals surface area contributed by atoms with Crippen LogP contribution in [0, 0.1) is 23.7 Å². The molecule has 0 aromatic rings. The molecule has 2 aliphatic carbocycles. The fraction of sp³-hybridized carbons (Fsp3) is 0.950. The normalized spacial score (nSPS) is 39.9. The molecule has 0 unspecified atom stereocenters. The van der Waals surface area contributed by atoms with Crippen molar-refractivity contribution in [1.82, 2.24) is 0 Å². The maximum Gasteiger partial charge on any atom is 0.308 e. The summed E-state index contributed by atoms with van der Waals surface area (Å²) in [5.74, 6) is 1.32. The number of hydrogen-bond donors (Lipinski definition) is 1. The second kappa shape index (κ2) is 7.33. The molecule has 4 nitrogen and oxygen atoms in total. The molecule has 1 saturated heterocycles. The number of cyclic esters (lactones) is 1. The maximum atomic E-state index is 12.0. The van der Waals surface area contributed by atoms with E-state index < -0.39 is 11.9 Å². The molecule has 0 aromatic heterocycles. The van der Waals surface area contributed by atoms with Gasteiger partial charge in [0.05, 0.1) is 24.0 Å². The predicted octanol–water partition coefficient (Wildman–Crippen LogP) is 4.05. The van der Waals surface area contributed by atoms with Gasteiger partial charge < -0.3 is 14.6 Å². The van der Waals surface area contributed by atoms with Gasteiger partial charge in [-0.3, -0.25) is 4.79 Å². The Hall–Kier alpha value is -0.610. The number of ether oxygens (including phenoxy) is 2. The van der Waals surface area contributed by atoms with E-state index in [0.29, 0.717) is 24.2 Å². The molecule has 1 aliphatic heterocycles. The summed E-state index contributed by atoms with van der Waals surface area (Å²) in [6.45, 7) is 6.79. The summed E-state index contributed by atoms with van der Waals surface area (Å²) in [5.41, 5.74) is -0.789. The number of carbonyl (C=O) groups excluding carboxylic acids is 1. The molecule has 0 bridgehead atoms. The van der Waals surface area contributed by atoms with Crippen LogP contribution in [0.5, 0.6) is 0 Å². The molecule has 5 atom stereocenters. The number of rotatable bonds is 4. The fourth-order valence-electron chi connectivity index (χ4n) is 5.08. The quantitative estimate of drug-likeness (QED) is 0.786. The first-order chi connectivity index (χ1) is 11.4. The maximum absolute atomic E-state index is 12.0. The molecular weight excluding hydrogens is 304 g/mol. The lowest BCUT2D eigenvalue weighted by Crippen LogP contribution is -2.47. The number of aliphatic hydroxyl groups is 1. The third-order valence-corrected chi connectivity index (χ3v) is 6.64. The third-order valence-electron chi connectivity index (χ3n) is 6.64. The summed E-state index contributed by atoms with van der Waals surface area (Å²) in [5, 5.41) is 11.1. The molecule has 2 saturated carbocycles. The minimum Gasteiger partial charge on any atom is -0.435 e. The summed E-state index contributed by atoms with van der Waals surface area (Å²) in [6.07, 6.45) is 8.11. The van der Waals surface area contributed by atoms with Crippen LogP contribution in [-0.2, 0) is 14.3 Å². The second-order valence-electron chi connectivity index (χ2n) is 8.83. The standard InChI is InChI=1S/C20H34O4/c1-13(2)15-8-7-14(3)11-17(15)23-19-16(12-18(21)24-19)20(22)9-5-4-6-10-20/h13-17,19,22H,4-12H2,1-3H3/t14-,15+,16-,17-,19-/m1/s1. The van der Waals surface area contributed by atoms with E-state index in [-0.39, 0.29) is 18.0 Å². The highest BCUT2D eigenvalue weighted by Gasteiger charge is 2.50. The Bertz CT molecular complexity index is 441. The van der Waals surface area contributed by atoms with Crippen LogP contribution in [0.25, 0.3) is 0 Å². The summed E-state index contributed by atoms with van der Waals surface area (Å²) >= 11 is 0. The minimum atomic E-state index is -0.789. The molecule has 3 fully saturated rings. The monoisotopic (exact) mass is 338 g/mol. The van der Waals surface area contributed by atoms with Crippen molar-refractivity contribution in [2.75, 3.05) is 0 Å². The summed E-state index contributed by atoms with van der Waals surface area (Å²) < 4.78 is 11.9. The van der Waals surface area contributed by atoms with E-state index in [1.165, 1.54) is 19.3 Å².